The number of hydrogen-bond donors (Lipinski definition) is 1. The molecule has 32 heavy (non-hydrogen) atoms. The van der Waals surface area contributed by atoms with Crippen LogP contribution in [0.2, 0.25) is 0 Å². The van der Waals surface area contributed by atoms with Gasteiger partial charge in [0.2, 0.25) is 0 Å². The molecule has 3 aromatic heterocycles. The maximum absolute atomic E-state index is 5.78. The van der Waals surface area contributed by atoms with Gasteiger partial charge in [0.15, 0.2) is 0 Å². The Hall–Kier alpha value is -3.31. The van der Waals surface area contributed by atoms with Gasteiger partial charge in [0, 0.05) is 47.2 Å². The topological polar surface area (TPSA) is 64.7 Å². The molecule has 5 aromatic rings. The first-order valence-electron chi connectivity index (χ1n) is 9.88. The Balaban J connectivity index is 0.00000144. The van der Waals surface area contributed by atoms with Crippen LogP contribution in [-0.4, -0.2) is 15.0 Å². The van der Waals surface area contributed by atoms with Gasteiger partial charge in [-0.1, -0.05) is 54.6 Å². The molecule has 4 nitrogen and oxygen atoms in total. The third-order valence-corrected chi connectivity index (χ3v) is 5.24. The zero-order valence-electron chi connectivity index (χ0n) is 17.2. The largest absolute Gasteiger partial charge is 0.326 e. The molecule has 0 aliphatic carbocycles. The van der Waals surface area contributed by atoms with E-state index in [9.17, 15) is 0 Å². The Bertz CT molecular complexity index is 1310. The lowest BCUT2D eigenvalue weighted by Crippen LogP contribution is -1.97. The van der Waals surface area contributed by atoms with Crippen LogP contribution in [0.15, 0.2) is 97.5 Å². The van der Waals surface area contributed by atoms with Crippen molar-refractivity contribution in [2.75, 3.05) is 0 Å². The summed E-state index contributed by atoms with van der Waals surface area (Å²) in [6.45, 7) is 0.526. The van der Waals surface area contributed by atoms with Crippen LogP contribution in [0.25, 0.3) is 44.5 Å². The van der Waals surface area contributed by atoms with Gasteiger partial charge in [-0.05, 0) is 35.4 Å². The molecule has 160 valence electrons. The summed E-state index contributed by atoms with van der Waals surface area (Å²) in [4.78, 5) is 13.9. The van der Waals surface area contributed by atoms with E-state index in [4.69, 9.17) is 10.7 Å². The van der Waals surface area contributed by atoms with Crippen molar-refractivity contribution in [3.63, 3.8) is 0 Å². The summed E-state index contributed by atoms with van der Waals surface area (Å²) in [7, 11) is 0. The molecule has 5 rings (SSSR count). The zero-order valence-corrected chi connectivity index (χ0v) is 18.8. The van der Waals surface area contributed by atoms with Gasteiger partial charge in [-0.15, -0.1) is 24.8 Å². The molecule has 6 heteroatoms. The monoisotopic (exact) mass is 460 g/mol. The number of fused-ring (bicyclic) bond motifs is 1. The van der Waals surface area contributed by atoms with Crippen molar-refractivity contribution < 1.29 is 0 Å². The lowest BCUT2D eigenvalue weighted by Gasteiger charge is -2.14. The first-order valence-corrected chi connectivity index (χ1v) is 9.88. The Morgan fingerprint density at radius 2 is 1.34 bits per heavy atom. The number of hydrogen-bond acceptors (Lipinski definition) is 4. The Kier molecular flexibility index (Phi) is 7.54. The molecule has 0 radical (unpaired) electrons. The minimum atomic E-state index is 0. The van der Waals surface area contributed by atoms with E-state index in [-0.39, 0.29) is 24.8 Å². The fourth-order valence-corrected chi connectivity index (χ4v) is 3.69. The molecule has 0 spiro atoms. The van der Waals surface area contributed by atoms with E-state index in [0.29, 0.717) is 6.54 Å². The molecule has 2 aromatic carbocycles. The van der Waals surface area contributed by atoms with E-state index >= 15 is 0 Å². The van der Waals surface area contributed by atoms with Crippen LogP contribution in [0.5, 0.6) is 0 Å². The summed E-state index contributed by atoms with van der Waals surface area (Å²) in [5.41, 5.74) is 13.9. The van der Waals surface area contributed by atoms with Crippen molar-refractivity contribution in [3.8, 4) is 33.6 Å². The normalized spacial score (nSPS) is 10.3. The SMILES string of the molecule is Cl.Cl.NCc1ccc(-c2nc3ccnc(-c4ccncc4)c3cc2-c2ccccc2)cc1. The average molecular weight is 461 g/mol. The number of nitrogens with zero attached hydrogens (tertiary/aromatic N) is 3. The number of nitrogens with two attached hydrogens (primary N) is 1. The number of pyridine rings is 3. The van der Waals surface area contributed by atoms with Gasteiger partial charge in [0.05, 0.1) is 16.9 Å². The lowest BCUT2D eigenvalue weighted by molar-refractivity contribution is 1.07. The van der Waals surface area contributed by atoms with Crippen LogP contribution < -0.4 is 5.73 Å². The van der Waals surface area contributed by atoms with Crippen molar-refractivity contribution in [2.24, 2.45) is 5.73 Å². The summed E-state index contributed by atoms with van der Waals surface area (Å²) in [5, 5.41) is 1.02. The molecular formula is C26H22Cl2N4. The molecule has 0 atom stereocenters. The highest BCUT2D eigenvalue weighted by molar-refractivity contribution is 5.98. The third-order valence-electron chi connectivity index (χ3n) is 5.24. The van der Waals surface area contributed by atoms with Crippen molar-refractivity contribution in [1.29, 1.82) is 0 Å². The summed E-state index contributed by atoms with van der Waals surface area (Å²) in [6.07, 6.45) is 5.39. The van der Waals surface area contributed by atoms with Gasteiger partial charge >= 0.3 is 0 Å². The Morgan fingerprint density at radius 3 is 2.03 bits per heavy atom. The fourth-order valence-electron chi connectivity index (χ4n) is 3.69. The molecule has 2 N–H and O–H groups in total. The predicted octanol–water partition coefficient (Wildman–Crippen LogP) is 6.33. The van der Waals surface area contributed by atoms with E-state index in [1.165, 1.54) is 0 Å². The molecular weight excluding hydrogens is 439 g/mol. The Morgan fingerprint density at radius 1 is 0.656 bits per heavy atom. The highest BCUT2D eigenvalue weighted by atomic mass is 35.5. The second-order valence-electron chi connectivity index (χ2n) is 7.11. The molecule has 3 heterocycles. The van der Waals surface area contributed by atoms with Crippen LogP contribution in [0.3, 0.4) is 0 Å². The van der Waals surface area contributed by atoms with Crippen molar-refractivity contribution in [1.82, 2.24) is 15.0 Å². The van der Waals surface area contributed by atoms with Crippen molar-refractivity contribution in [3.05, 3.63) is 103 Å². The Labute approximate surface area is 199 Å². The number of halogens is 2. The predicted molar refractivity (Wildman–Crippen MR) is 136 cm³/mol. The molecule has 0 unspecified atom stereocenters. The highest BCUT2D eigenvalue weighted by Crippen LogP contribution is 2.36. The van der Waals surface area contributed by atoms with Gasteiger partial charge in [-0.25, -0.2) is 4.98 Å². The number of aromatic nitrogens is 3. The van der Waals surface area contributed by atoms with E-state index in [1.807, 2.05) is 42.6 Å². The average Bonchev–Trinajstić information content (AvgIpc) is 2.84. The quantitative estimate of drug-likeness (QED) is 0.340. The van der Waals surface area contributed by atoms with Crippen LogP contribution in [0.4, 0.5) is 0 Å². The molecule has 0 fully saturated rings. The lowest BCUT2D eigenvalue weighted by atomic mass is 9.96. The van der Waals surface area contributed by atoms with Gasteiger partial charge in [-0.3, -0.25) is 9.97 Å². The van der Waals surface area contributed by atoms with E-state index in [0.717, 1.165) is 50.1 Å². The second-order valence-corrected chi connectivity index (χ2v) is 7.11. The highest BCUT2D eigenvalue weighted by Gasteiger charge is 2.14. The van der Waals surface area contributed by atoms with Crippen molar-refractivity contribution in [2.45, 2.75) is 6.54 Å². The van der Waals surface area contributed by atoms with Gasteiger partial charge in [0.1, 0.15) is 0 Å². The van der Waals surface area contributed by atoms with Gasteiger partial charge < -0.3 is 5.73 Å². The zero-order chi connectivity index (χ0) is 20.3. The number of benzene rings is 2. The molecule has 0 saturated carbocycles. The summed E-state index contributed by atoms with van der Waals surface area (Å²) in [5.74, 6) is 0. The van der Waals surface area contributed by atoms with Crippen LogP contribution in [0.1, 0.15) is 5.56 Å². The fraction of sp³-hybridized carbons (Fsp3) is 0.0385. The summed E-state index contributed by atoms with van der Waals surface area (Å²) < 4.78 is 0. The molecule has 0 aliphatic heterocycles. The first-order chi connectivity index (χ1) is 14.8. The van der Waals surface area contributed by atoms with Crippen LogP contribution >= 0.6 is 24.8 Å². The van der Waals surface area contributed by atoms with E-state index < -0.39 is 0 Å². The molecule has 0 bridgehead atoms. The molecule has 0 aliphatic rings. The third kappa shape index (κ3) is 4.48. The van der Waals surface area contributed by atoms with Crippen molar-refractivity contribution >= 4 is 35.7 Å². The number of rotatable bonds is 4. The maximum atomic E-state index is 5.78. The van der Waals surface area contributed by atoms with Crippen LogP contribution in [-0.2, 0) is 6.54 Å². The van der Waals surface area contributed by atoms with Gasteiger partial charge in [-0.2, -0.15) is 0 Å². The minimum Gasteiger partial charge on any atom is -0.326 e. The minimum absolute atomic E-state index is 0. The van der Waals surface area contributed by atoms with Crippen LogP contribution in [0, 0.1) is 0 Å². The standard InChI is InChI=1S/C26H20N4.2ClH/c27-17-18-6-8-20(9-7-18)26-22(19-4-2-1-3-5-19)16-23-24(30-26)12-15-29-25(23)21-10-13-28-14-11-21;;/h1-16H,17,27H2;2*1H. The second kappa shape index (κ2) is 10.3. The summed E-state index contributed by atoms with van der Waals surface area (Å²) >= 11 is 0. The van der Waals surface area contributed by atoms with E-state index in [1.54, 1.807) is 12.4 Å². The molecule has 0 saturated heterocycles. The smallest absolute Gasteiger partial charge is 0.0797 e. The first kappa shape index (κ1) is 23.4. The maximum Gasteiger partial charge on any atom is 0.0797 e. The molecule has 0 amide bonds. The summed E-state index contributed by atoms with van der Waals surface area (Å²) in [6, 6.07) is 26.8. The van der Waals surface area contributed by atoms with E-state index in [2.05, 4.69) is 52.4 Å². The van der Waals surface area contributed by atoms with Gasteiger partial charge in [0.25, 0.3) is 0 Å².